The average molecular weight is 241 g/mol. The van der Waals surface area contributed by atoms with Crippen LogP contribution in [0.3, 0.4) is 0 Å². The predicted octanol–water partition coefficient (Wildman–Crippen LogP) is 1.38. The van der Waals surface area contributed by atoms with Crippen molar-refractivity contribution in [2.24, 2.45) is 11.7 Å². The third-order valence-corrected chi connectivity index (χ3v) is 4.39. The molecule has 0 aromatic carbocycles. The van der Waals surface area contributed by atoms with Gasteiger partial charge < -0.3 is 15.8 Å². The van der Waals surface area contributed by atoms with Gasteiger partial charge in [0.2, 0.25) is 0 Å². The van der Waals surface area contributed by atoms with E-state index in [-0.39, 0.29) is 0 Å². The van der Waals surface area contributed by atoms with Crippen LogP contribution in [0.2, 0.25) is 0 Å². The van der Waals surface area contributed by atoms with Crippen LogP contribution in [0.5, 0.6) is 0 Å². The van der Waals surface area contributed by atoms with Crippen LogP contribution in [0.25, 0.3) is 0 Å². The van der Waals surface area contributed by atoms with E-state index < -0.39 is 5.60 Å². The molecule has 1 fully saturated rings. The van der Waals surface area contributed by atoms with Crippen LogP contribution in [0, 0.1) is 5.92 Å². The first kappa shape index (κ1) is 12.0. The van der Waals surface area contributed by atoms with Crippen molar-refractivity contribution in [2.75, 3.05) is 12.3 Å². The van der Waals surface area contributed by atoms with Crippen molar-refractivity contribution in [1.29, 1.82) is 0 Å². The first-order chi connectivity index (χ1) is 7.74. The second-order valence-electron chi connectivity index (χ2n) is 4.43. The summed E-state index contributed by atoms with van der Waals surface area (Å²) in [4.78, 5) is 7.22. The summed E-state index contributed by atoms with van der Waals surface area (Å²) in [5, 5.41) is 11.2. The monoisotopic (exact) mass is 241 g/mol. The van der Waals surface area contributed by atoms with Crippen molar-refractivity contribution < 1.29 is 5.11 Å². The van der Waals surface area contributed by atoms with Gasteiger partial charge in [-0.15, -0.1) is 0 Å². The average Bonchev–Trinajstić information content (AvgIpc) is 2.90. The lowest BCUT2D eigenvalue weighted by molar-refractivity contribution is 0.0103. The first-order valence-corrected chi connectivity index (χ1v) is 6.78. The highest BCUT2D eigenvalue weighted by molar-refractivity contribution is 7.99. The number of H-pyrrole nitrogens is 1. The van der Waals surface area contributed by atoms with Gasteiger partial charge in [0.1, 0.15) is 0 Å². The third kappa shape index (κ3) is 2.59. The summed E-state index contributed by atoms with van der Waals surface area (Å²) in [5.74, 6) is 1.35. The topological polar surface area (TPSA) is 74.9 Å². The Bertz CT molecular complexity index is 317. The van der Waals surface area contributed by atoms with E-state index in [0.717, 1.165) is 36.6 Å². The van der Waals surface area contributed by atoms with Gasteiger partial charge in [-0.2, -0.15) is 0 Å². The van der Waals surface area contributed by atoms with Crippen LogP contribution in [-0.2, 0) is 0 Å². The molecule has 0 radical (unpaired) electrons. The highest BCUT2D eigenvalue weighted by Crippen LogP contribution is 2.38. The van der Waals surface area contributed by atoms with E-state index in [1.54, 1.807) is 18.0 Å². The van der Waals surface area contributed by atoms with E-state index in [4.69, 9.17) is 5.73 Å². The molecule has 1 aromatic rings. The fourth-order valence-corrected chi connectivity index (χ4v) is 3.32. The van der Waals surface area contributed by atoms with Crippen molar-refractivity contribution in [2.45, 2.75) is 36.4 Å². The minimum atomic E-state index is -0.607. The molecule has 5 heteroatoms. The van der Waals surface area contributed by atoms with Crippen molar-refractivity contribution >= 4 is 11.8 Å². The molecule has 16 heavy (non-hydrogen) atoms. The lowest BCUT2D eigenvalue weighted by Crippen LogP contribution is -2.41. The summed E-state index contributed by atoms with van der Waals surface area (Å²) >= 11 is 1.71. The van der Waals surface area contributed by atoms with Crippen molar-refractivity contribution in [3.63, 3.8) is 0 Å². The van der Waals surface area contributed by atoms with E-state index in [1.165, 1.54) is 0 Å². The van der Waals surface area contributed by atoms with E-state index in [2.05, 4.69) is 9.97 Å². The lowest BCUT2D eigenvalue weighted by atomic mass is 9.89. The molecule has 1 aliphatic carbocycles. The summed E-state index contributed by atoms with van der Waals surface area (Å²) in [6.07, 6.45) is 7.66. The van der Waals surface area contributed by atoms with Crippen molar-refractivity contribution in [3.8, 4) is 0 Å². The Morgan fingerprint density at radius 2 is 2.56 bits per heavy atom. The van der Waals surface area contributed by atoms with Gasteiger partial charge in [-0.25, -0.2) is 4.98 Å². The van der Waals surface area contributed by atoms with Crippen LogP contribution in [-0.4, -0.2) is 33.0 Å². The highest BCUT2D eigenvalue weighted by atomic mass is 32.2. The number of nitrogens with one attached hydrogen (secondary N) is 1. The zero-order chi connectivity index (χ0) is 11.4. The number of aromatic nitrogens is 2. The number of aromatic amines is 1. The van der Waals surface area contributed by atoms with Crippen LogP contribution in [0.1, 0.15) is 25.7 Å². The Hall–Kier alpha value is -0.520. The first-order valence-electron chi connectivity index (χ1n) is 5.79. The van der Waals surface area contributed by atoms with E-state index >= 15 is 0 Å². The maximum atomic E-state index is 10.3. The normalized spacial score (nSPS) is 29.8. The standard InChI is InChI=1S/C11H19N3OS/c12-8-11(15)4-1-2-9(11)3-7-16-10-13-5-6-14-10/h5-6,9,15H,1-4,7-8,12H2,(H,13,14). The predicted molar refractivity (Wildman–Crippen MR) is 65.3 cm³/mol. The summed E-state index contributed by atoms with van der Waals surface area (Å²) in [5.41, 5.74) is 5.04. The van der Waals surface area contributed by atoms with E-state index in [1.807, 2.05) is 6.20 Å². The molecular formula is C11H19N3OS. The zero-order valence-corrected chi connectivity index (χ0v) is 10.2. The van der Waals surface area contributed by atoms with Crippen LogP contribution >= 0.6 is 11.8 Å². The van der Waals surface area contributed by atoms with Gasteiger partial charge in [0.15, 0.2) is 5.16 Å². The molecule has 0 saturated heterocycles. The number of nitrogens with two attached hydrogens (primary N) is 1. The summed E-state index contributed by atoms with van der Waals surface area (Å²) in [6, 6.07) is 0. The Morgan fingerprint density at radius 1 is 1.69 bits per heavy atom. The largest absolute Gasteiger partial charge is 0.388 e. The van der Waals surface area contributed by atoms with E-state index in [9.17, 15) is 5.11 Å². The van der Waals surface area contributed by atoms with Gasteiger partial charge in [-0.3, -0.25) is 0 Å². The van der Waals surface area contributed by atoms with Crippen LogP contribution in [0.15, 0.2) is 17.6 Å². The molecule has 0 aliphatic heterocycles. The maximum Gasteiger partial charge on any atom is 0.165 e. The molecule has 0 bridgehead atoms. The molecule has 1 saturated carbocycles. The molecule has 1 aliphatic rings. The van der Waals surface area contributed by atoms with Crippen LogP contribution < -0.4 is 5.73 Å². The second kappa shape index (κ2) is 5.21. The quantitative estimate of drug-likeness (QED) is 0.681. The van der Waals surface area contributed by atoms with E-state index in [0.29, 0.717) is 12.5 Å². The fourth-order valence-electron chi connectivity index (χ4n) is 2.44. The Kier molecular flexibility index (Phi) is 3.89. The molecule has 2 rings (SSSR count). The summed E-state index contributed by atoms with van der Waals surface area (Å²) in [6.45, 7) is 0.392. The number of thioether (sulfide) groups is 1. The molecule has 4 N–H and O–H groups in total. The van der Waals surface area contributed by atoms with Gasteiger partial charge in [-0.05, 0) is 25.2 Å². The number of hydrogen-bond acceptors (Lipinski definition) is 4. The summed E-state index contributed by atoms with van der Waals surface area (Å²) < 4.78 is 0. The number of imidazole rings is 1. The Labute approximate surface area is 100 Å². The van der Waals surface area contributed by atoms with Crippen molar-refractivity contribution in [3.05, 3.63) is 12.4 Å². The number of aliphatic hydroxyl groups is 1. The molecule has 0 spiro atoms. The Morgan fingerprint density at radius 3 is 3.25 bits per heavy atom. The van der Waals surface area contributed by atoms with Gasteiger partial charge in [0.05, 0.1) is 5.60 Å². The fraction of sp³-hybridized carbons (Fsp3) is 0.727. The lowest BCUT2D eigenvalue weighted by Gasteiger charge is -2.28. The molecular weight excluding hydrogens is 222 g/mol. The summed E-state index contributed by atoms with van der Waals surface area (Å²) in [7, 11) is 0. The van der Waals surface area contributed by atoms with Crippen molar-refractivity contribution in [1.82, 2.24) is 9.97 Å². The number of hydrogen-bond donors (Lipinski definition) is 3. The second-order valence-corrected chi connectivity index (χ2v) is 5.51. The molecule has 2 atom stereocenters. The highest BCUT2D eigenvalue weighted by Gasteiger charge is 2.39. The number of nitrogens with zero attached hydrogens (tertiary/aromatic N) is 1. The third-order valence-electron chi connectivity index (χ3n) is 3.45. The minimum Gasteiger partial charge on any atom is -0.388 e. The SMILES string of the molecule is NCC1(O)CCCC1CCSc1ncc[nH]1. The molecule has 0 amide bonds. The van der Waals surface area contributed by atoms with Crippen LogP contribution in [0.4, 0.5) is 0 Å². The smallest absolute Gasteiger partial charge is 0.165 e. The number of rotatable bonds is 5. The van der Waals surface area contributed by atoms with Gasteiger partial charge in [-0.1, -0.05) is 18.2 Å². The Balaban J connectivity index is 1.77. The van der Waals surface area contributed by atoms with Gasteiger partial charge in [0, 0.05) is 24.7 Å². The molecule has 90 valence electrons. The van der Waals surface area contributed by atoms with Gasteiger partial charge >= 0.3 is 0 Å². The zero-order valence-electron chi connectivity index (χ0n) is 9.35. The van der Waals surface area contributed by atoms with Gasteiger partial charge in [0.25, 0.3) is 0 Å². The molecule has 1 heterocycles. The maximum absolute atomic E-state index is 10.3. The molecule has 1 aromatic heterocycles. The molecule has 4 nitrogen and oxygen atoms in total. The molecule has 2 unspecified atom stereocenters. The minimum absolute atomic E-state index is 0.361.